The summed E-state index contributed by atoms with van der Waals surface area (Å²) in [6.07, 6.45) is 1.01. The Morgan fingerprint density at radius 3 is 3.05 bits per heavy atom. The number of nitrogens with one attached hydrogen (secondary N) is 2. The molecule has 0 radical (unpaired) electrons. The molecule has 2 aliphatic rings. The number of urea groups is 1. The lowest BCUT2D eigenvalue weighted by molar-refractivity contribution is 0.173. The van der Waals surface area contributed by atoms with Crippen LogP contribution in [0.15, 0.2) is 18.2 Å². The predicted molar refractivity (Wildman–Crippen MR) is 78.4 cm³/mol. The number of amides is 2. The Hall–Kier alpha value is -2.15. The van der Waals surface area contributed by atoms with Gasteiger partial charge in [0.05, 0.1) is 13.2 Å². The van der Waals surface area contributed by atoms with Gasteiger partial charge in [0.2, 0.25) is 6.79 Å². The fraction of sp³-hybridized carbons (Fsp3) is 0.533. The summed E-state index contributed by atoms with van der Waals surface area (Å²) in [6, 6.07) is 5.22. The van der Waals surface area contributed by atoms with Crippen LogP contribution in [-0.4, -0.2) is 45.7 Å². The third kappa shape index (κ3) is 3.94. The molecule has 1 aromatic rings. The van der Waals surface area contributed by atoms with Crippen molar-refractivity contribution in [3.05, 3.63) is 18.2 Å². The van der Waals surface area contributed by atoms with Gasteiger partial charge in [0.25, 0.3) is 0 Å². The molecule has 0 unspecified atom stereocenters. The number of carbonyl (C=O) groups is 1. The van der Waals surface area contributed by atoms with Gasteiger partial charge in [0, 0.05) is 25.1 Å². The molecule has 0 aromatic heterocycles. The summed E-state index contributed by atoms with van der Waals surface area (Å²) in [5.74, 6) is 2.52. The summed E-state index contributed by atoms with van der Waals surface area (Å²) in [5, 5.41) is 5.59. The summed E-state index contributed by atoms with van der Waals surface area (Å²) in [6.45, 7) is 3.23. The van der Waals surface area contributed by atoms with E-state index >= 15 is 0 Å². The van der Waals surface area contributed by atoms with Crippen molar-refractivity contribution in [1.82, 2.24) is 10.6 Å². The maximum absolute atomic E-state index is 11.6. The second kappa shape index (κ2) is 7.22. The molecule has 3 rings (SSSR count). The molecule has 2 amide bonds. The Kier molecular flexibility index (Phi) is 4.85. The molecule has 1 saturated heterocycles. The van der Waals surface area contributed by atoms with Crippen molar-refractivity contribution < 1.29 is 23.7 Å². The number of fused-ring (bicyclic) bond motifs is 1. The van der Waals surface area contributed by atoms with Gasteiger partial charge in [-0.1, -0.05) is 0 Å². The van der Waals surface area contributed by atoms with Gasteiger partial charge in [-0.05, 0) is 18.6 Å². The summed E-state index contributed by atoms with van der Waals surface area (Å²) >= 11 is 0. The Balaban J connectivity index is 1.30. The van der Waals surface area contributed by atoms with E-state index < -0.39 is 0 Å². The van der Waals surface area contributed by atoms with Gasteiger partial charge in [-0.3, -0.25) is 0 Å². The SMILES string of the molecule is O=C(NCCOc1ccc2c(c1)OCO2)NC[C@@H]1CCOC1. The van der Waals surface area contributed by atoms with Gasteiger partial charge >= 0.3 is 6.03 Å². The van der Waals surface area contributed by atoms with Crippen LogP contribution in [0.5, 0.6) is 17.2 Å². The molecule has 7 nitrogen and oxygen atoms in total. The van der Waals surface area contributed by atoms with Gasteiger partial charge in [-0.15, -0.1) is 0 Å². The standard InChI is InChI=1S/C15H20N2O5/c18-15(17-8-11-3-5-19-9-11)16-4-6-20-12-1-2-13-14(7-12)22-10-21-13/h1-2,7,11H,3-6,8-10H2,(H2,16,17,18)/t11-/m0/s1. The average Bonchev–Trinajstić information content (AvgIpc) is 3.20. The molecule has 1 aromatic carbocycles. The smallest absolute Gasteiger partial charge is 0.314 e. The maximum Gasteiger partial charge on any atom is 0.314 e. The van der Waals surface area contributed by atoms with Gasteiger partial charge in [0.15, 0.2) is 11.5 Å². The molecule has 2 aliphatic heterocycles. The Morgan fingerprint density at radius 2 is 2.18 bits per heavy atom. The Bertz CT molecular complexity index is 517. The molecule has 0 aliphatic carbocycles. The van der Waals surface area contributed by atoms with Crippen LogP contribution in [0.2, 0.25) is 0 Å². The fourth-order valence-electron chi connectivity index (χ4n) is 2.34. The first-order valence-electron chi connectivity index (χ1n) is 7.43. The van der Waals surface area contributed by atoms with E-state index in [1.807, 2.05) is 12.1 Å². The number of carbonyl (C=O) groups excluding carboxylic acids is 1. The zero-order chi connectivity index (χ0) is 15.2. The van der Waals surface area contributed by atoms with Crippen LogP contribution in [0.4, 0.5) is 4.79 Å². The van der Waals surface area contributed by atoms with Crippen molar-refractivity contribution in [2.24, 2.45) is 5.92 Å². The quantitative estimate of drug-likeness (QED) is 0.770. The molecule has 1 atom stereocenters. The van der Waals surface area contributed by atoms with Crippen molar-refractivity contribution in [2.45, 2.75) is 6.42 Å². The van der Waals surface area contributed by atoms with E-state index in [9.17, 15) is 4.79 Å². The molecule has 1 fully saturated rings. The van der Waals surface area contributed by atoms with Crippen molar-refractivity contribution in [2.75, 3.05) is 39.7 Å². The summed E-state index contributed by atoms with van der Waals surface area (Å²) in [4.78, 5) is 11.6. The van der Waals surface area contributed by atoms with Crippen molar-refractivity contribution in [3.8, 4) is 17.2 Å². The largest absolute Gasteiger partial charge is 0.492 e. The minimum atomic E-state index is -0.179. The van der Waals surface area contributed by atoms with E-state index in [-0.39, 0.29) is 12.8 Å². The van der Waals surface area contributed by atoms with Crippen LogP contribution in [0.3, 0.4) is 0 Å². The van der Waals surface area contributed by atoms with E-state index in [2.05, 4.69) is 10.6 Å². The minimum absolute atomic E-state index is 0.179. The van der Waals surface area contributed by atoms with Gasteiger partial charge in [0.1, 0.15) is 12.4 Å². The first-order valence-corrected chi connectivity index (χ1v) is 7.43. The highest BCUT2D eigenvalue weighted by atomic mass is 16.7. The molecule has 120 valence electrons. The lowest BCUT2D eigenvalue weighted by Gasteiger charge is -2.11. The third-order valence-electron chi connectivity index (χ3n) is 3.58. The molecule has 0 spiro atoms. The highest BCUT2D eigenvalue weighted by Crippen LogP contribution is 2.34. The van der Waals surface area contributed by atoms with Crippen molar-refractivity contribution in [1.29, 1.82) is 0 Å². The molecular weight excluding hydrogens is 288 g/mol. The highest BCUT2D eigenvalue weighted by molar-refractivity contribution is 5.73. The van der Waals surface area contributed by atoms with Crippen LogP contribution in [-0.2, 0) is 4.74 Å². The number of benzene rings is 1. The van der Waals surface area contributed by atoms with Crippen LogP contribution >= 0.6 is 0 Å². The Labute approximate surface area is 128 Å². The fourth-order valence-corrected chi connectivity index (χ4v) is 2.34. The second-order valence-electron chi connectivity index (χ2n) is 5.23. The molecule has 22 heavy (non-hydrogen) atoms. The van der Waals surface area contributed by atoms with Gasteiger partial charge < -0.3 is 29.6 Å². The van der Waals surface area contributed by atoms with Gasteiger partial charge in [-0.25, -0.2) is 4.79 Å². The summed E-state index contributed by atoms with van der Waals surface area (Å²) in [7, 11) is 0. The highest BCUT2D eigenvalue weighted by Gasteiger charge is 2.16. The topological polar surface area (TPSA) is 78.1 Å². The normalized spacial score (nSPS) is 19.0. The van der Waals surface area contributed by atoms with Crippen molar-refractivity contribution in [3.63, 3.8) is 0 Å². The predicted octanol–water partition coefficient (Wildman–Crippen LogP) is 1.13. The number of rotatable bonds is 6. The molecule has 2 N–H and O–H groups in total. The third-order valence-corrected chi connectivity index (χ3v) is 3.58. The molecule has 0 bridgehead atoms. The van der Waals surface area contributed by atoms with Crippen LogP contribution in [0, 0.1) is 5.92 Å². The van der Waals surface area contributed by atoms with E-state index in [4.69, 9.17) is 18.9 Å². The van der Waals surface area contributed by atoms with E-state index in [1.54, 1.807) is 6.07 Å². The second-order valence-corrected chi connectivity index (χ2v) is 5.23. The zero-order valence-corrected chi connectivity index (χ0v) is 12.3. The lowest BCUT2D eigenvalue weighted by Crippen LogP contribution is -2.40. The zero-order valence-electron chi connectivity index (χ0n) is 12.3. The summed E-state index contributed by atoms with van der Waals surface area (Å²) in [5.41, 5.74) is 0. The molecule has 2 heterocycles. The average molecular weight is 308 g/mol. The van der Waals surface area contributed by atoms with Crippen LogP contribution in [0.25, 0.3) is 0 Å². The molecule has 0 saturated carbocycles. The molecule has 7 heteroatoms. The van der Waals surface area contributed by atoms with Crippen LogP contribution < -0.4 is 24.8 Å². The van der Waals surface area contributed by atoms with Crippen molar-refractivity contribution >= 4 is 6.03 Å². The number of ether oxygens (including phenoxy) is 4. The number of hydrogen-bond donors (Lipinski definition) is 2. The van der Waals surface area contributed by atoms with E-state index in [1.165, 1.54) is 0 Å². The monoisotopic (exact) mass is 308 g/mol. The maximum atomic E-state index is 11.6. The van der Waals surface area contributed by atoms with Crippen LogP contribution in [0.1, 0.15) is 6.42 Å². The first kappa shape index (κ1) is 14.8. The Morgan fingerprint density at radius 1 is 1.27 bits per heavy atom. The van der Waals surface area contributed by atoms with Gasteiger partial charge in [-0.2, -0.15) is 0 Å². The minimum Gasteiger partial charge on any atom is -0.492 e. The summed E-state index contributed by atoms with van der Waals surface area (Å²) < 4.78 is 21.3. The number of hydrogen-bond acceptors (Lipinski definition) is 5. The van der Waals surface area contributed by atoms with E-state index in [0.29, 0.717) is 37.1 Å². The first-order chi connectivity index (χ1) is 10.8. The molecular formula is C15H20N2O5. The lowest BCUT2D eigenvalue weighted by atomic mass is 10.1. The van der Waals surface area contributed by atoms with E-state index in [0.717, 1.165) is 25.4 Å².